The van der Waals surface area contributed by atoms with Crippen LogP contribution in [0.4, 0.5) is 0 Å². The van der Waals surface area contributed by atoms with E-state index in [-0.39, 0.29) is 0 Å². The van der Waals surface area contributed by atoms with E-state index in [2.05, 4.69) is 20.8 Å². The largest absolute Gasteiger partial charge is 0.0845 e. The van der Waals surface area contributed by atoms with Gasteiger partial charge in [0.15, 0.2) is 0 Å². The van der Waals surface area contributed by atoms with Crippen LogP contribution in [0.5, 0.6) is 0 Å². The summed E-state index contributed by atoms with van der Waals surface area (Å²) in [6, 6.07) is 0. The van der Waals surface area contributed by atoms with Gasteiger partial charge in [0.25, 0.3) is 0 Å². The Labute approximate surface area is 110 Å². The zero-order valence-corrected chi connectivity index (χ0v) is 12.4. The molecule has 0 nitrogen and oxygen atoms in total. The van der Waals surface area contributed by atoms with Crippen LogP contribution in [0.2, 0.25) is 0 Å². The summed E-state index contributed by atoms with van der Waals surface area (Å²) in [6.07, 6.45) is 16.9. The van der Waals surface area contributed by atoms with Crippen molar-refractivity contribution in [1.29, 1.82) is 0 Å². The molecule has 0 aliphatic heterocycles. The number of rotatable bonds is 11. The number of hydrogen-bond donors (Lipinski definition) is 0. The molecule has 0 heterocycles. The Morgan fingerprint density at radius 1 is 0.706 bits per heavy atom. The fourth-order valence-electron chi connectivity index (χ4n) is 2.15. The zero-order valence-electron chi connectivity index (χ0n) is 12.4. The van der Waals surface area contributed by atoms with Crippen LogP contribution in [0.15, 0.2) is 6.08 Å². The number of hydrogen-bond acceptors (Lipinski definition) is 0. The van der Waals surface area contributed by atoms with Crippen molar-refractivity contribution in [1.82, 2.24) is 0 Å². The lowest BCUT2D eigenvalue weighted by Crippen LogP contribution is -2.03. The first-order chi connectivity index (χ1) is 8.06. The van der Waals surface area contributed by atoms with Crippen molar-refractivity contribution in [3.8, 4) is 0 Å². The fraction of sp³-hybridized carbons (Fsp3) is 0.882. The molecule has 0 spiro atoms. The standard InChI is InChI=1S/C17H33/c1-5-6-7-8-9-10-11-12-13-14-15-16-17(2,3)4/h1,5H,6-16H2,2-4H3. The molecule has 0 heteroatoms. The summed E-state index contributed by atoms with van der Waals surface area (Å²) >= 11 is 0. The van der Waals surface area contributed by atoms with Gasteiger partial charge in [-0.1, -0.05) is 84.8 Å². The molecule has 0 aliphatic carbocycles. The molecule has 0 rings (SSSR count). The molecule has 0 aromatic carbocycles. The van der Waals surface area contributed by atoms with Gasteiger partial charge in [0, 0.05) is 0 Å². The van der Waals surface area contributed by atoms with Gasteiger partial charge in [-0.15, -0.1) is 0 Å². The molecular formula is C17H33. The lowest BCUT2D eigenvalue weighted by Gasteiger charge is -2.17. The third kappa shape index (κ3) is 15.7. The maximum Gasteiger partial charge on any atom is -0.0348 e. The van der Waals surface area contributed by atoms with Crippen molar-refractivity contribution in [3.63, 3.8) is 0 Å². The molecule has 0 saturated heterocycles. The third-order valence-electron chi connectivity index (χ3n) is 3.30. The van der Waals surface area contributed by atoms with E-state index >= 15 is 0 Å². The molecule has 0 bridgehead atoms. The van der Waals surface area contributed by atoms with Crippen LogP contribution in [0.3, 0.4) is 0 Å². The van der Waals surface area contributed by atoms with Crippen molar-refractivity contribution < 1.29 is 0 Å². The van der Waals surface area contributed by atoms with Gasteiger partial charge in [-0.05, 0) is 24.7 Å². The van der Waals surface area contributed by atoms with Gasteiger partial charge in [0.2, 0.25) is 0 Å². The van der Waals surface area contributed by atoms with E-state index < -0.39 is 0 Å². The molecule has 0 N–H and O–H groups in total. The molecule has 0 amide bonds. The van der Waals surface area contributed by atoms with Gasteiger partial charge in [0.1, 0.15) is 0 Å². The molecule has 0 fully saturated rings. The smallest absolute Gasteiger partial charge is 0.0348 e. The highest BCUT2D eigenvalue weighted by atomic mass is 14.1. The topological polar surface area (TPSA) is 0 Å². The highest BCUT2D eigenvalue weighted by Crippen LogP contribution is 2.22. The minimum atomic E-state index is 0.528. The van der Waals surface area contributed by atoms with Gasteiger partial charge in [0.05, 0.1) is 0 Å². The molecule has 0 aromatic heterocycles. The first-order valence-electron chi connectivity index (χ1n) is 7.60. The van der Waals surface area contributed by atoms with Crippen molar-refractivity contribution in [2.45, 2.75) is 91.4 Å². The van der Waals surface area contributed by atoms with Gasteiger partial charge >= 0.3 is 0 Å². The zero-order chi connectivity index (χ0) is 13.0. The summed E-state index contributed by atoms with van der Waals surface area (Å²) in [5.41, 5.74) is 0.528. The third-order valence-corrected chi connectivity index (χ3v) is 3.30. The second-order valence-corrected chi connectivity index (χ2v) is 6.52. The molecule has 17 heavy (non-hydrogen) atoms. The van der Waals surface area contributed by atoms with E-state index in [1.165, 1.54) is 64.2 Å². The summed E-state index contributed by atoms with van der Waals surface area (Å²) in [6.45, 7) is 12.4. The summed E-state index contributed by atoms with van der Waals surface area (Å²) in [5.74, 6) is 0. The van der Waals surface area contributed by atoms with E-state index in [0.717, 1.165) is 6.42 Å². The van der Waals surface area contributed by atoms with Crippen LogP contribution < -0.4 is 0 Å². The maximum atomic E-state index is 5.34. The molecule has 0 aromatic rings. The molecule has 0 aliphatic rings. The first kappa shape index (κ1) is 16.7. The van der Waals surface area contributed by atoms with Crippen molar-refractivity contribution in [3.05, 3.63) is 12.7 Å². The van der Waals surface area contributed by atoms with Crippen molar-refractivity contribution >= 4 is 0 Å². The average molecular weight is 237 g/mol. The molecule has 0 atom stereocenters. The lowest BCUT2D eigenvalue weighted by molar-refractivity contribution is 0.356. The van der Waals surface area contributed by atoms with E-state index in [9.17, 15) is 0 Å². The summed E-state index contributed by atoms with van der Waals surface area (Å²) in [7, 11) is 0. The Bertz CT molecular complexity index is 161. The van der Waals surface area contributed by atoms with Gasteiger partial charge in [-0.25, -0.2) is 0 Å². The lowest BCUT2D eigenvalue weighted by atomic mass is 9.89. The van der Waals surface area contributed by atoms with Gasteiger partial charge in [-0.2, -0.15) is 0 Å². The molecule has 101 valence electrons. The second-order valence-electron chi connectivity index (χ2n) is 6.52. The quantitative estimate of drug-likeness (QED) is 0.369. The Kier molecular flexibility index (Phi) is 10.7. The molecule has 1 radical (unpaired) electrons. The minimum absolute atomic E-state index is 0.528. The summed E-state index contributed by atoms with van der Waals surface area (Å²) < 4.78 is 0. The predicted molar refractivity (Wildman–Crippen MR) is 79.1 cm³/mol. The summed E-state index contributed by atoms with van der Waals surface area (Å²) in [4.78, 5) is 0. The highest BCUT2D eigenvalue weighted by molar-refractivity contribution is 4.62. The first-order valence-corrected chi connectivity index (χ1v) is 7.60. The van der Waals surface area contributed by atoms with Gasteiger partial charge < -0.3 is 0 Å². The molecular weight excluding hydrogens is 204 g/mol. The van der Waals surface area contributed by atoms with Crippen LogP contribution in [-0.4, -0.2) is 0 Å². The average Bonchev–Trinajstić information content (AvgIpc) is 2.24. The van der Waals surface area contributed by atoms with Crippen LogP contribution in [0, 0.1) is 12.0 Å². The Hall–Kier alpha value is -0.260. The minimum Gasteiger partial charge on any atom is -0.0845 e. The van der Waals surface area contributed by atoms with Crippen molar-refractivity contribution in [2.75, 3.05) is 0 Å². The Morgan fingerprint density at radius 3 is 1.53 bits per heavy atom. The predicted octanol–water partition coefficient (Wildman–Crippen LogP) is 6.31. The van der Waals surface area contributed by atoms with Crippen molar-refractivity contribution in [2.24, 2.45) is 5.41 Å². The monoisotopic (exact) mass is 237 g/mol. The van der Waals surface area contributed by atoms with E-state index in [1.807, 2.05) is 0 Å². The molecule has 0 saturated carbocycles. The van der Waals surface area contributed by atoms with E-state index in [4.69, 9.17) is 6.58 Å². The van der Waals surface area contributed by atoms with Gasteiger partial charge in [-0.3, -0.25) is 0 Å². The Morgan fingerprint density at radius 2 is 1.12 bits per heavy atom. The van der Waals surface area contributed by atoms with Crippen LogP contribution >= 0.6 is 0 Å². The second kappa shape index (κ2) is 10.9. The van der Waals surface area contributed by atoms with E-state index in [0.29, 0.717) is 5.41 Å². The Balaban J connectivity index is 3.01. The summed E-state index contributed by atoms with van der Waals surface area (Å²) in [5, 5.41) is 0. The molecule has 0 unspecified atom stereocenters. The SMILES string of the molecule is [CH]=CCCCCCCCCCCCC(C)(C)C. The van der Waals surface area contributed by atoms with Crippen LogP contribution in [0.25, 0.3) is 0 Å². The van der Waals surface area contributed by atoms with Crippen LogP contribution in [0.1, 0.15) is 91.4 Å². The maximum absolute atomic E-state index is 5.34. The highest BCUT2D eigenvalue weighted by Gasteiger charge is 2.08. The van der Waals surface area contributed by atoms with E-state index in [1.54, 1.807) is 6.08 Å². The number of unbranched alkanes of at least 4 members (excludes halogenated alkanes) is 9. The van der Waals surface area contributed by atoms with Crippen LogP contribution in [-0.2, 0) is 0 Å². The fourth-order valence-corrected chi connectivity index (χ4v) is 2.15. The normalized spacial score (nSPS) is 11.7. The number of allylic oxidation sites excluding steroid dienone is 1.